The van der Waals surface area contributed by atoms with E-state index < -0.39 is 0 Å². The highest BCUT2D eigenvalue weighted by Crippen LogP contribution is 2.39. The summed E-state index contributed by atoms with van der Waals surface area (Å²) in [5.41, 5.74) is 10.7. The molecule has 1 aliphatic rings. The van der Waals surface area contributed by atoms with Crippen LogP contribution in [-0.2, 0) is 5.41 Å². The summed E-state index contributed by atoms with van der Waals surface area (Å²) >= 11 is 1.71. The molecule has 90 valence electrons. The van der Waals surface area contributed by atoms with Crippen molar-refractivity contribution in [2.24, 2.45) is 5.73 Å². The zero-order valence-corrected chi connectivity index (χ0v) is 10.8. The standard InChI is InChI=1S/C14H18N2S/c15-9-14(6-2-1-3-7-14)11-4-5-13-12(8-11)16-10-17-13/h4-5,8,10H,1-3,6-7,9,15H2. The van der Waals surface area contributed by atoms with Crippen molar-refractivity contribution in [3.8, 4) is 0 Å². The molecule has 0 amide bonds. The van der Waals surface area contributed by atoms with E-state index >= 15 is 0 Å². The molecule has 1 fully saturated rings. The Kier molecular flexibility index (Phi) is 2.89. The molecule has 1 aliphatic carbocycles. The summed E-state index contributed by atoms with van der Waals surface area (Å²) in [6, 6.07) is 6.72. The van der Waals surface area contributed by atoms with E-state index in [1.165, 1.54) is 42.4 Å². The Morgan fingerprint density at radius 3 is 2.82 bits per heavy atom. The fourth-order valence-electron chi connectivity index (χ4n) is 3.03. The first-order valence-corrected chi connectivity index (χ1v) is 7.26. The van der Waals surface area contributed by atoms with Gasteiger partial charge in [0, 0.05) is 12.0 Å². The Bertz CT molecular complexity index is 512. The number of thiazole rings is 1. The van der Waals surface area contributed by atoms with Gasteiger partial charge in [0.05, 0.1) is 15.7 Å². The normalized spacial score (nSPS) is 19.6. The molecule has 3 heteroatoms. The number of nitrogens with two attached hydrogens (primary N) is 1. The number of fused-ring (bicyclic) bond motifs is 1. The molecule has 3 rings (SSSR count). The number of benzene rings is 1. The molecule has 17 heavy (non-hydrogen) atoms. The first-order chi connectivity index (χ1) is 8.34. The van der Waals surface area contributed by atoms with Crippen LogP contribution in [-0.4, -0.2) is 11.5 Å². The van der Waals surface area contributed by atoms with Crippen molar-refractivity contribution in [3.05, 3.63) is 29.3 Å². The number of hydrogen-bond donors (Lipinski definition) is 1. The number of rotatable bonds is 2. The summed E-state index contributed by atoms with van der Waals surface area (Å²) in [6.07, 6.45) is 6.46. The molecule has 0 spiro atoms. The second-order valence-corrected chi connectivity index (χ2v) is 5.97. The average Bonchev–Trinajstić information content (AvgIpc) is 2.86. The maximum Gasteiger partial charge on any atom is 0.0814 e. The lowest BCUT2D eigenvalue weighted by molar-refractivity contribution is 0.301. The van der Waals surface area contributed by atoms with Gasteiger partial charge in [-0.05, 0) is 30.5 Å². The van der Waals surface area contributed by atoms with E-state index in [0.29, 0.717) is 0 Å². The van der Waals surface area contributed by atoms with E-state index in [4.69, 9.17) is 5.73 Å². The largest absolute Gasteiger partial charge is 0.330 e. The third kappa shape index (κ3) is 1.87. The zero-order chi connectivity index (χ0) is 11.7. The first kappa shape index (κ1) is 11.2. The number of hydrogen-bond acceptors (Lipinski definition) is 3. The van der Waals surface area contributed by atoms with Crippen LogP contribution in [0.1, 0.15) is 37.7 Å². The maximum absolute atomic E-state index is 6.07. The van der Waals surface area contributed by atoms with Crippen molar-refractivity contribution in [2.45, 2.75) is 37.5 Å². The number of nitrogens with zero attached hydrogens (tertiary/aromatic N) is 1. The van der Waals surface area contributed by atoms with Gasteiger partial charge in [-0.2, -0.15) is 0 Å². The van der Waals surface area contributed by atoms with Gasteiger partial charge in [0.1, 0.15) is 0 Å². The summed E-state index contributed by atoms with van der Waals surface area (Å²) in [7, 11) is 0. The van der Waals surface area contributed by atoms with Crippen molar-refractivity contribution in [1.82, 2.24) is 4.98 Å². The molecule has 0 aliphatic heterocycles. The van der Waals surface area contributed by atoms with Crippen LogP contribution in [0.4, 0.5) is 0 Å². The molecule has 2 nitrogen and oxygen atoms in total. The van der Waals surface area contributed by atoms with Gasteiger partial charge in [-0.15, -0.1) is 11.3 Å². The summed E-state index contributed by atoms with van der Waals surface area (Å²) in [5, 5.41) is 0. The van der Waals surface area contributed by atoms with Gasteiger partial charge in [-0.3, -0.25) is 0 Å². The predicted molar refractivity (Wildman–Crippen MR) is 73.4 cm³/mol. The second kappa shape index (κ2) is 4.39. The van der Waals surface area contributed by atoms with Crippen LogP contribution in [0.15, 0.2) is 23.7 Å². The highest BCUT2D eigenvalue weighted by molar-refractivity contribution is 7.16. The Labute approximate surface area is 106 Å². The molecule has 0 radical (unpaired) electrons. The smallest absolute Gasteiger partial charge is 0.0814 e. The lowest BCUT2D eigenvalue weighted by Crippen LogP contribution is -2.37. The van der Waals surface area contributed by atoms with E-state index in [1.54, 1.807) is 11.3 Å². The maximum atomic E-state index is 6.07. The molecule has 2 N–H and O–H groups in total. The minimum atomic E-state index is 0.218. The monoisotopic (exact) mass is 246 g/mol. The van der Waals surface area contributed by atoms with Crippen molar-refractivity contribution < 1.29 is 0 Å². The Hall–Kier alpha value is -0.930. The highest BCUT2D eigenvalue weighted by Gasteiger charge is 2.32. The molecule has 0 saturated heterocycles. The molecule has 1 aromatic carbocycles. The molecule has 0 bridgehead atoms. The minimum absolute atomic E-state index is 0.218. The van der Waals surface area contributed by atoms with Crippen LogP contribution < -0.4 is 5.73 Å². The summed E-state index contributed by atoms with van der Waals surface area (Å²) in [5.74, 6) is 0. The van der Waals surface area contributed by atoms with Gasteiger partial charge < -0.3 is 5.73 Å². The summed E-state index contributed by atoms with van der Waals surface area (Å²) in [6.45, 7) is 0.767. The summed E-state index contributed by atoms with van der Waals surface area (Å²) < 4.78 is 1.27. The van der Waals surface area contributed by atoms with Gasteiger partial charge in [0.15, 0.2) is 0 Å². The van der Waals surface area contributed by atoms with Crippen LogP contribution in [0.25, 0.3) is 10.2 Å². The van der Waals surface area contributed by atoms with E-state index in [1.807, 2.05) is 5.51 Å². The Morgan fingerprint density at radius 1 is 1.24 bits per heavy atom. The van der Waals surface area contributed by atoms with E-state index in [9.17, 15) is 0 Å². The average molecular weight is 246 g/mol. The van der Waals surface area contributed by atoms with Crippen molar-refractivity contribution in [1.29, 1.82) is 0 Å². The van der Waals surface area contributed by atoms with Crippen LogP contribution in [0.2, 0.25) is 0 Å². The van der Waals surface area contributed by atoms with Crippen LogP contribution >= 0.6 is 11.3 Å². The van der Waals surface area contributed by atoms with Gasteiger partial charge in [0.25, 0.3) is 0 Å². The van der Waals surface area contributed by atoms with Crippen molar-refractivity contribution >= 4 is 21.6 Å². The number of aromatic nitrogens is 1. The molecule has 1 aromatic heterocycles. The molecule has 2 aromatic rings. The fourth-order valence-corrected chi connectivity index (χ4v) is 3.69. The van der Waals surface area contributed by atoms with Crippen molar-refractivity contribution in [3.63, 3.8) is 0 Å². The summed E-state index contributed by atoms with van der Waals surface area (Å²) in [4.78, 5) is 4.42. The molecule has 1 heterocycles. The molecule has 1 saturated carbocycles. The van der Waals surface area contributed by atoms with Gasteiger partial charge in [-0.1, -0.05) is 25.3 Å². The third-order valence-corrected chi connectivity index (χ3v) is 4.95. The Morgan fingerprint density at radius 2 is 2.06 bits per heavy atom. The molecule has 0 unspecified atom stereocenters. The topological polar surface area (TPSA) is 38.9 Å². The molecular formula is C14H18N2S. The quantitative estimate of drug-likeness (QED) is 0.881. The highest BCUT2D eigenvalue weighted by atomic mass is 32.1. The first-order valence-electron chi connectivity index (χ1n) is 6.38. The van der Waals surface area contributed by atoms with Crippen LogP contribution in [0.5, 0.6) is 0 Å². The van der Waals surface area contributed by atoms with Gasteiger partial charge in [-0.25, -0.2) is 4.98 Å². The predicted octanol–water partition coefficient (Wildman–Crippen LogP) is 3.46. The molecular weight excluding hydrogens is 228 g/mol. The lowest BCUT2D eigenvalue weighted by atomic mass is 9.69. The minimum Gasteiger partial charge on any atom is -0.330 e. The van der Waals surface area contributed by atoms with Crippen LogP contribution in [0.3, 0.4) is 0 Å². The Balaban J connectivity index is 2.04. The second-order valence-electron chi connectivity index (χ2n) is 5.08. The fraction of sp³-hybridized carbons (Fsp3) is 0.500. The van der Waals surface area contributed by atoms with Gasteiger partial charge >= 0.3 is 0 Å². The third-order valence-electron chi connectivity index (χ3n) is 4.14. The van der Waals surface area contributed by atoms with Crippen molar-refractivity contribution in [2.75, 3.05) is 6.54 Å². The lowest BCUT2D eigenvalue weighted by Gasteiger charge is -2.36. The van der Waals surface area contributed by atoms with E-state index in [-0.39, 0.29) is 5.41 Å². The SMILES string of the molecule is NCC1(c2ccc3scnc3c2)CCCCC1. The van der Waals surface area contributed by atoms with E-state index in [0.717, 1.165) is 12.1 Å². The van der Waals surface area contributed by atoms with E-state index in [2.05, 4.69) is 23.2 Å². The van der Waals surface area contributed by atoms with Crippen LogP contribution in [0, 0.1) is 0 Å². The van der Waals surface area contributed by atoms with Gasteiger partial charge in [0.2, 0.25) is 0 Å². The molecule has 0 atom stereocenters. The zero-order valence-electron chi connectivity index (χ0n) is 9.98.